The number of allylic oxidation sites excluding steroid dienone is 1. The van der Waals surface area contributed by atoms with Crippen LogP contribution in [0.15, 0.2) is 12.0 Å². The summed E-state index contributed by atoms with van der Waals surface area (Å²) in [5.74, 6) is 0. The molecule has 4 heteroatoms. The van der Waals surface area contributed by atoms with E-state index in [-0.39, 0.29) is 0 Å². The number of nitrogens with two attached hydrogens (primary N) is 1. The Labute approximate surface area is 76.9 Å². The fourth-order valence-corrected chi connectivity index (χ4v) is 1.12. The van der Waals surface area contributed by atoms with Gasteiger partial charge in [0.25, 0.3) is 0 Å². The van der Waals surface area contributed by atoms with Gasteiger partial charge < -0.3 is 10.5 Å². The Hall–Kier alpha value is -0.870. The van der Waals surface area contributed by atoms with Crippen LogP contribution in [0.4, 0.5) is 5.13 Å². The molecule has 0 aliphatic heterocycles. The summed E-state index contributed by atoms with van der Waals surface area (Å²) >= 11 is 1.44. The van der Waals surface area contributed by atoms with E-state index in [1.54, 1.807) is 14.2 Å². The molecule has 0 unspecified atom stereocenters. The highest BCUT2D eigenvalue weighted by Crippen LogP contribution is 2.16. The predicted octanol–water partition coefficient (Wildman–Crippen LogP) is 2.02. The van der Waals surface area contributed by atoms with Gasteiger partial charge in [-0.2, -0.15) is 0 Å². The Morgan fingerprint density at radius 2 is 2.17 bits per heavy atom. The van der Waals surface area contributed by atoms with E-state index in [1.807, 2.05) is 12.3 Å². The largest absolute Gasteiger partial charge is 0.388 e. The Balaban J connectivity index is 0.000000354. The van der Waals surface area contributed by atoms with Gasteiger partial charge in [-0.05, 0) is 12.5 Å². The van der Waals surface area contributed by atoms with Gasteiger partial charge in [0.05, 0.1) is 5.69 Å². The molecule has 1 rings (SSSR count). The zero-order valence-corrected chi connectivity index (χ0v) is 8.44. The highest BCUT2D eigenvalue weighted by molar-refractivity contribution is 7.13. The summed E-state index contributed by atoms with van der Waals surface area (Å²) in [6.07, 6.45) is 0. The summed E-state index contributed by atoms with van der Waals surface area (Å²) in [5, 5.41) is 2.51. The monoisotopic (exact) mass is 186 g/mol. The molecule has 0 atom stereocenters. The van der Waals surface area contributed by atoms with Crippen molar-refractivity contribution in [2.24, 2.45) is 0 Å². The molecule has 0 saturated heterocycles. The Morgan fingerprint density at radius 1 is 1.67 bits per heavy atom. The summed E-state index contributed by atoms with van der Waals surface area (Å²) in [4.78, 5) is 4.01. The molecule has 3 nitrogen and oxygen atoms in total. The maximum Gasteiger partial charge on any atom is 0.180 e. The van der Waals surface area contributed by atoms with Crippen LogP contribution in [0, 0.1) is 0 Å². The van der Waals surface area contributed by atoms with Gasteiger partial charge in [-0.15, -0.1) is 11.3 Å². The minimum absolute atomic E-state index is 0.605. The van der Waals surface area contributed by atoms with Gasteiger partial charge >= 0.3 is 0 Å². The van der Waals surface area contributed by atoms with Crippen molar-refractivity contribution in [2.45, 2.75) is 6.92 Å². The molecule has 0 radical (unpaired) electrons. The van der Waals surface area contributed by atoms with Crippen LogP contribution in [-0.4, -0.2) is 19.2 Å². The summed E-state index contributed by atoms with van der Waals surface area (Å²) in [5.41, 5.74) is 7.24. The van der Waals surface area contributed by atoms with E-state index >= 15 is 0 Å². The van der Waals surface area contributed by atoms with Crippen molar-refractivity contribution in [3.8, 4) is 0 Å². The van der Waals surface area contributed by atoms with Crippen molar-refractivity contribution in [1.29, 1.82) is 0 Å². The first-order valence-corrected chi connectivity index (χ1v) is 4.26. The standard InChI is InChI=1S/C6H8N2S.C2H6O/c1-4(2)5-3-9-6(7)8-5;1-3-2/h3H,1H2,2H3,(H2,7,8);1-2H3. The average molecular weight is 186 g/mol. The summed E-state index contributed by atoms with van der Waals surface area (Å²) in [6, 6.07) is 0. The third kappa shape index (κ3) is 4.10. The first-order valence-electron chi connectivity index (χ1n) is 3.38. The van der Waals surface area contributed by atoms with E-state index in [0.717, 1.165) is 11.3 Å². The lowest BCUT2D eigenvalue weighted by Gasteiger charge is -1.86. The lowest BCUT2D eigenvalue weighted by molar-refractivity contribution is 0.277. The molecule has 0 aliphatic carbocycles. The summed E-state index contributed by atoms with van der Waals surface area (Å²) < 4.78 is 4.25. The predicted molar refractivity (Wildman–Crippen MR) is 54.2 cm³/mol. The molecule has 68 valence electrons. The fraction of sp³-hybridized carbons (Fsp3) is 0.375. The number of hydrogen-bond acceptors (Lipinski definition) is 4. The van der Waals surface area contributed by atoms with Crippen molar-refractivity contribution < 1.29 is 4.74 Å². The first-order chi connectivity index (χ1) is 5.61. The second kappa shape index (κ2) is 5.74. The van der Waals surface area contributed by atoms with Crippen LogP contribution in [0.3, 0.4) is 0 Å². The highest BCUT2D eigenvalue weighted by Gasteiger charge is 1.96. The Bertz CT molecular complexity index is 245. The quantitative estimate of drug-likeness (QED) is 0.730. The molecule has 0 bridgehead atoms. The Kier molecular flexibility index (Phi) is 5.32. The van der Waals surface area contributed by atoms with E-state index in [0.29, 0.717) is 5.13 Å². The number of nitrogen functional groups attached to an aromatic ring is 1. The number of aromatic nitrogens is 1. The molecule has 0 aliphatic rings. The molecule has 0 saturated carbocycles. The van der Waals surface area contributed by atoms with Crippen molar-refractivity contribution >= 4 is 22.0 Å². The summed E-state index contributed by atoms with van der Waals surface area (Å²) in [7, 11) is 3.25. The van der Waals surface area contributed by atoms with E-state index in [1.165, 1.54) is 11.3 Å². The van der Waals surface area contributed by atoms with Gasteiger partial charge in [-0.25, -0.2) is 4.98 Å². The van der Waals surface area contributed by atoms with Crippen LogP contribution in [0.25, 0.3) is 5.57 Å². The molecule has 0 aromatic carbocycles. The summed E-state index contributed by atoms with van der Waals surface area (Å²) in [6.45, 7) is 5.64. The number of rotatable bonds is 1. The number of hydrogen-bond donors (Lipinski definition) is 1. The van der Waals surface area contributed by atoms with E-state index < -0.39 is 0 Å². The Morgan fingerprint density at radius 3 is 2.33 bits per heavy atom. The molecule has 2 N–H and O–H groups in total. The molecule has 1 heterocycles. The molecule has 0 fully saturated rings. The SMILES string of the molecule is C=C(C)c1csc(N)n1.COC. The first kappa shape index (κ1) is 11.1. The van der Waals surface area contributed by atoms with Gasteiger partial charge in [0.2, 0.25) is 0 Å². The highest BCUT2D eigenvalue weighted by atomic mass is 32.1. The fourth-order valence-electron chi connectivity index (χ4n) is 0.484. The van der Waals surface area contributed by atoms with Crippen molar-refractivity contribution in [1.82, 2.24) is 4.98 Å². The van der Waals surface area contributed by atoms with E-state index in [2.05, 4.69) is 16.3 Å². The van der Waals surface area contributed by atoms with Crippen LogP contribution >= 0.6 is 11.3 Å². The van der Waals surface area contributed by atoms with Gasteiger partial charge in [0.15, 0.2) is 5.13 Å². The molecular weight excluding hydrogens is 172 g/mol. The third-order valence-electron chi connectivity index (χ3n) is 0.959. The topological polar surface area (TPSA) is 48.1 Å². The molecule has 0 spiro atoms. The molecular formula is C8H14N2OS. The normalized spacial score (nSPS) is 8.58. The van der Waals surface area contributed by atoms with Crippen LogP contribution in [0.2, 0.25) is 0 Å². The zero-order valence-electron chi connectivity index (χ0n) is 7.63. The molecule has 1 aromatic rings. The molecule has 12 heavy (non-hydrogen) atoms. The number of thiazole rings is 1. The van der Waals surface area contributed by atoms with E-state index in [9.17, 15) is 0 Å². The minimum Gasteiger partial charge on any atom is -0.388 e. The van der Waals surface area contributed by atoms with Crippen LogP contribution in [-0.2, 0) is 4.74 Å². The van der Waals surface area contributed by atoms with Gasteiger partial charge in [0.1, 0.15) is 0 Å². The number of ether oxygens (including phenoxy) is 1. The average Bonchev–Trinajstić information content (AvgIpc) is 2.37. The minimum atomic E-state index is 0.605. The van der Waals surface area contributed by atoms with Crippen molar-refractivity contribution in [2.75, 3.05) is 20.0 Å². The van der Waals surface area contributed by atoms with Gasteiger partial charge in [0, 0.05) is 19.6 Å². The smallest absolute Gasteiger partial charge is 0.180 e. The zero-order chi connectivity index (χ0) is 9.56. The van der Waals surface area contributed by atoms with E-state index in [4.69, 9.17) is 5.73 Å². The maximum atomic E-state index is 5.38. The van der Waals surface area contributed by atoms with Crippen LogP contribution < -0.4 is 5.73 Å². The number of nitrogens with zero attached hydrogens (tertiary/aromatic N) is 1. The molecule has 0 amide bonds. The van der Waals surface area contributed by atoms with Crippen LogP contribution in [0.5, 0.6) is 0 Å². The van der Waals surface area contributed by atoms with Gasteiger partial charge in [-0.3, -0.25) is 0 Å². The second-order valence-corrected chi connectivity index (χ2v) is 3.15. The maximum absolute atomic E-state index is 5.38. The lowest BCUT2D eigenvalue weighted by atomic mass is 10.3. The van der Waals surface area contributed by atoms with Crippen molar-refractivity contribution in [3.05, 3.63) is 17.7 Å². The number of methoxy groups -OCH3 is 1. The van der Waals surface area contributed by atoms with Gasteiger partial charge in [-0.1, -0.05) is 6.58 Å². The second-order valence-electron chi connectivity index (χ2n) is 2.26. The van der Waals surface area contributed by atoms with Crippen LogP contribution in [0.1, 0.15) is 12.6 Å². The lowest BCUT2D eigenvalue weighted by Crippen LogP contribution is -1.82. The third-order valence-corrected chi connectivity index (χ3v) is 1.63. The molecule has 1 aromatic heterocycles. The number of anilines is 1. The van der Waals surface area contributed by atoms with Crippen molar-refractivity contribution in [3.63, 3.8) is 0 Å².